The Bertz CT molecular complexity index is 1170. The molecule has 1 aliphatic rings. The van der Waals surface area contributed by atoms with Crippen LogP contribution in [0.1, 0.15) is 16.2 Å². The fourth-order valence-electron chi connectivity index (χ4n) is 3.06. The molecule has 11 heteroatoms. The molecule has 0 unspecified atom stereocenters. The number of benzene rings is 1. The molecule has 0 atom stereocenters. The van der Waals surface area contributed by atoms with Crippen LogP contribution in [0.15, 0.2) is 38.4 Å². The van der Waals surface area contributed by atoms with E-state index in [0.717, 1.165) is 5.69 Å². The lowest BCUT2D eigenvalue weighted by molar-refractivity contribution is 0.0692. The van der Waals surface area contributed by atoms with E-state index in [2.05, 4.69) is 15.2 Å². The fourth-order valence-corrected chi connectivity index (χ4v) is 4.49. The molecule has 10 nitrogen and oxygen atoms in total. The van der Waals surface area contributed by atoms with Gasteiger partial charge in [0.25, 0.3) is 5.91 Å². The van der Waals surface area contributed by atoms with Crippen molar-refractivity contribution in [2.24, 2.45) is 0 Å². The second kappa shape index (κ2) is 6.35. The zero-order chi connectivity index (χ0) is 19.2. The molecule has 3 heterocycles. The Hall–Kier alpha value is -2.92. The maximum absolute atomic E-state index is 12.9. The predicted molar refractivity (Wildman–Crippen MR) is 94.8 cm³/mol. The number of hydrogen-bond acceptors (Lipinski definition) is 6. The van der Waals surface area contributed by atoms with Gasteiger partial charge in [0.2, 0.25) is 10.0 Å². The predicted octanol–water partition coefficient (Wildman–Crippen LogP) is 0.299. The molecule has 0 radical (unpaired) electrons. The van der Waals surface area contributed by atoms with Crippen LogP contribution < -0.4 is 5.76 Å². The van der Waals surface area contributed by atoms with Crippen LogP contribution in [0, 0.1) is 6.92 Å². The van der Waals surface area contributed by atoms with Gasteiger partial charge >= 0.3 is 5.76 Å². The first kappa shape index (κ1) is 17.5. The average molecular weight is 391 g/mol. The van der Waals surface area contributed by atoms with Crippen molar-refractivity contribution in [1.29, 1.82) is 0 Å². The molecule has 0 aliphatic carbocycles. The standard InChI is InChI=1S/C16H17N5O5S/c1-10-8-13(19-18-10)15(22)20-4-6-21(7-5-20)27(24,25)11-2-3-12-14(9-11)26-16(23)17-12/h2-3,8-9H,4-7H2,1H3,(H,17,23)(H,18,19). The molecule has 142 valence electrons. The smallest absolute Gasteiger partial charge is 0.408 e. The summed E-state index contributed by atoms with van der Waals surface area (Å²) >= 11 is 0. The van der Waals surface area contributed by atoms with E-state index in [1.807, 2.05) is 0 Å². The van der Waals surface area contributed by atoms with Gasteiger partial charge in [-0.25, -0.2) is 13.2 Å². The normalized spacial score (nSPS) is 16.1. The van der Waals surface area contributed by atoms with Crippen LogP contribution >= 0.6 is 0 Å². The number of nitrogens with one attached hydrogen (secondary N) is 2. The summed E-state index contributed by atoms with van der Waals surface area (Å²) in [5.41, 5.74) is 1.72. The highest BCUT2D eigenvalue weighted by Crippen LogP contribution is 2.22. The van der Waals surface area contributed by atoms with Crippen LogP contribution in [0.3, 0.4) is 0 Å². The van der Waals surface area contributed by atoms with Crippen molar-refractivity contribution in [2.75, 3.05) is 26.2 Å². The molecule has 3 aromatic rings. The molecular formula is C16H17N5O5S. The topological polar surface area (TPSA) is 132 Å². The number of aromatic amines is 2. The summed E-state index contributed by atoms with van der Waals surface area (Å²) in [5.74, 6) is -0.868. The monoisotopic (exact) mass is 391 g/mol. The van der Waals surface area contributed by atoms with Crippen molar-refractivity contribution < 1.29 is 17.6 Å². The molecule has 1 aromatic carbocycles. The molecular weight excluding hydrogens is 374 g/mol. The van der Waals surface area contributed by atoms with Gasteiger partial charge in [0.15, 0.2) is 5.58 Å². The summed E-state index contributed by atoms with van der Waals surface area (Å²) in [6, 6.07) is 5.90. The minimum Gasteiger partial charge on any atom is -0.408 e. The van der Waals surface area contributed by atoms with Gasteiger partial charge in [0.1, 0.15) is 5.69 Å². The van der Waals surface area contributed by atoms with Crippen molar-refractivity contribution >= 4 is 27.0 Å². The molecule has 1 fully saturated rings. The quantitative estimate of drug-likeness (QED) is 0.660. The van der Waals surface area contributed by atoms with Crippen LogP contribution in [0.2, 0.25) is 0 Å². The van der Waals surface area contributed by atoms with Gasteiger partial charge < -0.3 is 9.32 Å². The number of amides is 1. The van der Waals surface area contributed by atoms with Gasteiger partial charge in [-0.05, 0) is 25.1 Å². The van der Waals surface area contributed by atoms with E-state index in [1.54, 1.807) is 17.9 Å². The highest BCUT2D eigenvalue weighted by molar-refractivity contribution is 7.89. The maximum atomic E-state index is 12.9. The van der Waals surface area contributed by atoms with Crippen LogP contribution in [0.25, 0.3) is 11.1 Å². The van der Waals surface area contributed by atoms with Crippen LogP contribution in [0.4, 0.5) is 0 Å². The van der Waals surface area contributed by atoms with E-state index in [0.29, 0.717) is 11.2 Å². The number of H-pyrrole nitrogens is 2. The van der Waals surface area contributed by atoms with E-state index >= 15 is 0 Å². The Balaban J connectivity index is 1.50. The molecule has 2 N–H and O–H groups in total. The van der Waals surface area contributed by atoms with Crippen molar-refractivity contribution in [3.8, 4) is 0 Å². The van der Waals surface area contributed by atoms with Gasteiger partial charge in [-0.1, -0.05) is 0 Å². The number of carbonyl (C=O) groups is 1. The van der Waals surface area contributed by atoms with Crippen molar-refractivity contribution in [1.82, 2.24) is 24.4 Å². The minimum absolute atomic E-state index is 0.0421. The number of piperazine rings is 1. The van der Waals surface area contributed by atoms with Crippen molar-refractivity contribution in [3.63, 3.8) is 0 Å². The third-order valence-electron chi connectivity index (χ3n) is 4.48. The second-order valence-corrected chi connectivity index (χ2v) is 8.24. The summed E-state index contributed by atoms with van der Waals surface area (Å²) in [4.78, 5) is 27.8. The Labute approximate surface area is 153 Å². The van der Waals surface area contributed by atoms with E-state index in [9.17, 15) is 18.0 Å². The fraction of sp³-hybridized carbons (Fsp3) is 0.312. The molecule has 1 aliphatic heterocycles. The van der Waals surface area contributed by atoms with Gasteiger partial charge in [0.05, 0.1) is 10.4 Å². The van der Waals surface area contributed by atoms with Crippen molar-refractivity contribution in [3.05, 3.63) is 46.2 Å². The minimum atomic E-state index is -3.76. The van der Waals surface area contributed by atoms with Gasteiger partial charge in [-0.3, -0.25) is 14.9 Å². The Kier molecular flexibility index (Phi) is 4.12. The lowest BCUT2D eigenvalue weighted by atomic mass is 10.3. The molecule has 0 bridgehead atoms. The lowest BCUT2D eigenvalue weighted by Gasteiger charge is -2.33. The van der Waals surface area contributed by atoms with Crippen LogP contribution in [-0.2, 0) is 10.0 Å². The number of rotatable bonds is 3. The zero-order valence-corrected chi connectivity index (χ0v) is 15.2. The second-order valence-electron chi connectivity index (χ2n) is 6.30. The molecule has 0 saturated carbocycles. The van der Waals surface area contributed by atoms with E-state index in [1.165, 1.54) is 22.5 Å². The molecule has 4 rings (SSSR count). The zero-order valence-electron chi connectivity index (χ0n) is 14.4. The molecule has 1 amide bonds. The number of hydrogen-bond donors (Lipinski definition) is 2. The summed E-state index contributed by atoms with van der Waals surface area (Å²) in [6.45, 7) is 2.69. The third kappa shape index (κ3) is 3.15. The Morgan fingerprint density at radius 3 is 2.59 bits per heavy atom. The Morgan fingerprint density at radius 1 is 1.19 bits per heavy atom. The van der Waals surface area contributed by atoms with Crippen molar-refractivity contribution in [2.45, 2.75) is 11.8 Å². The Morgan fingerprint density at radius 2 is 1.93 bits per heavy atom. The summed E-state index contributed by atoms with van der Waals surface area (Å²) < 4.78 is 32.0. The molecule has 0 spiro atoms. The van der Waals surface area contributed by atoms with E-state index in [-0.39, 0.29) is 42.6 Å². The number of fused-ring (bicyclic) bond motifs is 1. The van der Waals surface area contributed by atoms with E-state index in [4.69, 9.17) is 4.42 Å². The van der Waals surface area contributed by atoms with E-state index < -0.39 is 15.8 Å². The van der Waals surface area contributed by atoms with Crippen LogP contribution in [0.5, 0.6) is 0 Å². The molecule has 2 aromatic heterocycles. The molecule has 27 heavy (non-hydrogen) atoms. The first-order chi connectivity index (χ1) is 12.8. The van der Waals surface area contributed by atoms with Gasteiger partial charge in [-0.15, -0.1) is 0 Å². The SMILES string of the molecule is Cc1cc(C(=O)N2CCN(S(=O)(=O)c3ccc4[nH]c(=O)oc4c3)CC2)n[nH]1. The number of oxazole rings is 1. The van der Waals surface area contributed by atoms with Crippen LogP contribution in [-0.4, -0.2) is 64.9 Å². The number of nitrogens with zero attached hydrogens (tertiary/aromatic N) is 3. The average Bonchev–Trinajstić information content (AvgIpc) is 3.25. The molecule has 1 saturated heterocycles. The first-order valence-corrected chi connectivity index (χ1v) is 9.73. The number of sulfonamides is 1. The lowest BCUT2D eigenvalue weighted by Crippen LogP contribution is -2.50. The third-order valence-corrected chi connectivity index (χ3v) is 6.38. The van der Waals surface area contributed by atoms with Gasteiger partial charge in [0, 0.05) is 37.9 Å². The van der Waals surface area contributed by atoms with Gasteiger partial charge in [-0.2, -0.15) is 9.40 Å². The highest BCUT2D eigenvalue weighted by atomic mass is 32.2. The first-order valence-electron chi connectivity index (χ1n) is 8.29. The summed E-state index contributed by atoms with van der Waals surface area (Å²) in [5, 5.41) is 6.67. The summed E-state index contributed by atoms with van der Waals surface area (Å²) in [6.07, 6.45) is 0. The highest BCUT2D eigenvalue weighted by Gasteiger charge is 2.31. The number of carbonyl (C=O) groups excluding carboxylic acids is 1. The maximum Gasteiger partial charge on any atom is 0.417 e. The number of aryl methyl sites for hydroxylation is 1. The largest absolute Gasteiger partial charge is 0.417 e. The summed E-state index contributed by atoms with van der Waals surface area (Å²) in [7, 11) is -3.76. The number of aromatic nitrogens is 3.